The molecule has 0 spiro atoms. The second kappa shape index (κ2) is 5.66. The normalized spacial score (nSPS) is 12.9. The van der Waals surface area contributed by atoms with Gasteiger partial charge in [-0.25, -0.2) is 4.39 Å². The minimum Gasteiger partial charge on any atom is -0.342 e. The van der Waals surface area contributed by atoms with Crippen molar-refractivity contribution < 1.29 is 22.4 Å². The summed E-state index contributed by atoms with van der Waals surface area (Å²) in [4.78, 5) is 10.7. The van der Waals surface area contributed by atoms with E-state index in [4.69, 9.17) is 0 Å². The van der Waals surface area contributed by atoms with Gasteiger partial charge in [0.25, 0.3) is 0 Å². The van der Waals surface area contributed by atoms with Crippen molar-refractivity contribution in [3.8, 4) is 0 Å². The lowest BCUT2D eigenvalue weighted by Crippen LogP contribution is -2.43. The maximum Gasteiger partial charge on any atom is 0.471 e. The monoisotopic (exact) mass is 261 g/mol. The van der Waals surface area contributed by atoms with E-state index in [1.54, 1.807) is 5.32 Å². The molecule has 0 heterocycles. The van der Waals surface area contributed by atoms with E-state index in [9.17, 15) is 22.4 Å². The number of hydrogen-bond acceptors (Lipinski definition) is 1. The summed E-state index contributed by atoms with van der Waals surface area (Å²) in [6.45, 7) is 3.35. The summed E-state index contributed by atoms with van der Waals surface area (Å²) in [5, 5.41) is 1.79. The average molecular weight is 261 g/mol. The van der Waals surface area contributed by atoms with Gasteiger partial charge in [0, 0.05) is 0 Å². The van der Waals surface area contributed by atoms with Crippen LogP contribution in [-0.2, 0) is 11.2 Å². The van der Waals surface area contributed by atoms with Crippen LogP contribution >= 0.6 is 0 Å². The summed E-state index contributed by atoms with van der Waals surface area (Å²) in [6.07, 6.45) is -3.61. The number of carbonyl (C=O) groups excluding carboxylic acids is 1. The minimum absolute atomic E-state index is 0.117. The number of rotatable bonds is 4. The van der Waals surface area contributed by atoms with Crippen LogP contribution in [0.1, 0.15) is 5.56 Å². The number of amides is 1. The van der Waals surface area contributed by atoms with Crippen LogP contribution < -0.4 is 5.32 Å². The highest BCUT2D eigenvalue weighted by molar-refractivity contribution is 5.82. The van der Waals surface area contributed by atoms with Crippen LogP contribution in [0.15, 0.2) is 36.9 Å². The first-order chi connectivity index (χ1) is 8.32. The topological polar surface area (TPSA) is 29.1 Å². The van der Waals surface area contributed by atoms with Crippen molar-refractivity contribution in [3.05, 3.63) is 48.3 Å². The Morgan fingerprint density at radius 1 is 1.33 bits per heavy atom. The van der Waals surface area contributed by atoms with E-state index in [-0.39, 0.29) is 6.42 Å². The first kappa shape index (κ1) is 14.2. The summed E-state index contributed by atoms with van der Waals surface area (Å²) < 4.78 is 48.8. The molecule has 1 aromatic carbocycles. The summed E-state index contributed by atoms with van der Waals surface area (Å²) in [7, 11) is 0. The molecule has 0 bridgehead atoms. The van der Waals surface area contributed by atoms with Crippen molar-refractivity contribution in [3.63, 3.8) is 0 Å². The SMILES string of the molecule is C=C[C@H](Cc1ccc(F)cc1)NC(=O)C(F)(F)F. The van der Waals surface area contributed by atoms with Crippen LogP contribution in [0.25, 0.3) is 0 Å². The number of alkyl halides is 3. The van der Waals surface area contributed by atoms with E-state index in [1.165, 1.54) is 30.3 Å². The van der Waals surface area contributed by atoms with E-state index in [0.29, 0.717) is 5.56 Å². The van der Waals surface area contributed by atoms with E-state index < -0.39 is 23.9 Å². The predicted octanol–water partition coefficient (Wildman–Crippen LogP) is 2.60. The number of halogens is 4. The summed E-state index contributed by atoms with van der Waals surface area (Å²) >= 11 is 0. The Labute approximate surface area is 101 Å². The number of nitrogens with one attached hydrogen (secondary N) is 1. The van der Waals surface area contributed by atoms with Crippen LogP contribution in [0.5, 0.6) is 0 Å². The third-order valence-electron chi connectivity index (χ3n) is 2.23. The van der Waals surface area contributed by atoms with Crippen LogP contribution in [-0.4, -0.2) is 18.1 Å². The Bertz CT molecular complexity index is 425. The quantitative estimate of drug-likeness (QED) is 0.655. The van der Waals surface area contributed by atoms with Crippen molar-refractivity contribution in [2.75, 3.05) is 0 Å². The zero-order chi connectivity index (χ0) is 13.8. The summed E-state index contributed by atoms with van der Waals surface area (Å²) in [5.74, 6) is -2.46. The fraction of sp³-hybridized carbons (Fsp3) is 0.250. The highest BCUT2D eigenvalue weighted by atomic mass is 19.4. The summed E-state index contributed by atoms with van der Waals surface area (Å²) in [5.41, 5.74) is 0.601. The molecule has 0 aliphatic carbocycles. The van der Waals surface area contributed by atoms with Crippen molar-refractivity contribution in [1.82, 2.24) is 5.32 Å². The highest BCUT2D eigenvalue weighted by Gasteiger charge is 2.39. The second-order valence-electron chi connectivity index (χ2n) is 3.64. The van der Waals surface area contributed by atoms with Gasteiger partial charge < -0.3 is 5.32 Å². The van der Waals surface area contributed by atoms with E-state index >= 15 is 0 Å². The minimum atomic E-state index is -4.93. The Morgan fingerprint density at radius 2 is 1.89 bits per heavy atom. The fourth-order valence-electron chi connectivity index (χ4n) is 1.32. The zero-order valence-corrected chi connectivity index (χ0v) is 9.30. The van der Waals surface area contributed by atoms with Gasteiger partial charge in [0.1, 0.15) is 5.82 Å². The Hall–Kier alpha value is -1.85. The molecule has 0 saturated heterocycles. The van der Waals surface area contributed by atoms with Gasteiger partial charge in [0.2, 0.25) is 0 Å². The number of carbonyl (C=O) groups is 1. The maximum absolute atomic E-state index is 12.6. The molecule has 0 fully saturated rings. The fourth-order valence-corrected chi connectivity index (χ4v) is 1.32. The second-order valence-corrected chi connectivity index (χ2v) is 3.64. The van der Waals surface area contributed by atoms with Crippen LogP contribution in [0.4, 0.5) is 17.6 Å². The van der Waals surface area contributed by atoms with Crippen LogP contribution in [0.3, 0.4) is 0 Å². The van der Waals surface area contributed by atoms with Gasteiger partial charge in [-0.05, 0) is 24.1 Å². The van der Waals surface area contributed by atoms with E-state index in [2.05, 4.69) is 6.58 Å². The maximum atomic E-state index is 12.6. The molecule has 0 aliphatic rings. The van der Waals surface area contributed by atoms with Gasteiger partial charge in [-0.3, -0.25) is 4.79 Å². The largest absolute Gasteiger partial charge is 0.471 e. The molecule has 1 atom stereocenters. The molecule has 0 aliphatic heterocycles. The lowest BCUT2D eigenvalue weighted by molar-refractivity contribution is -0.174. The van der Waals surface area contributed by atoms with Crippen molar-refractivity contribution in [2.45, 2.75) is 18.6 Å². The summed E-state index contributed by atoms with van der Waals surface area (Å²) in [6, 6.07) is 4.41. The van der Waals surface area contributed by atoms with E-state index in [1.807, 2.05) is 0 Å². The first-order valence-corrected chi connectivity index (χ1v) is 5.07. The smallest absolute Gasteiger partial charge is 0.342 e. The molecule has 1 N–H and O–H groups in total. The van der Waals surface area contributed by atoms with Crippen molar-refractivity contribution >= 4 is 5.91 Å². The molecule has 2 nitrogen and oxygen atoms in total. The van der Waals surface area contributed by atoms with Crippen molar-refractivity contribution in [1.29, 1.82) is 0 Å². The lowest BCUT2D eigenvalue weighted by atomic mass is 10.1. The molecule has 0 saturated carbocycles. The molecule has 1 aromatic rings. The Kier molecular flexibility index (Phi) is 4.47. The molecule has 98 valence electrons. The van der Waals surface area contributed by atoms with Crippen LogP contribution in [0.2, 0.25) is 0 Å². The Balaban J connectivity index is 2.65. The number of benzene rings is 1. The predicted molar refractivity (Wildman–Crippen MR) is 58.3 cm³/mol. The third-order valence-corrected chi connectivity index (χ3v) is 2.23. The van der Waals surface area contributed by atoms with E-state index in [0.717, 1.165) is 0 Å². The van der Waals surface area contributed by atoms with Gasteiger partial charge in [-0.2, -0.15) is 13.2 Å². The third kappa shape index (κ3) is 4.20. The molecule has 0 aromatic heterocycles. The first-order valence-electron chi connectivity index (χ1n) is 5.07. The molecule has 18 heavy (non-hydrogen) atoms. The van der Waals surface area contributed by atoms with Gasteiger partial charge in [0.05, 0.1) is 6.04 Å². The van der Waals surface area contributed by atoms with Crippen LogP contribution in [0, 0.1) is 5.82 Å². The lowest BCUT2D eigenvalue weighted by Gasteiger charge is -2.16. The standard InChI is InChI=1S/C12H11F4NO/c1-2-10(17-11(18)12(14,15)16)7-8-3-5-9(13)6-4-8/h2-6,10H,1,7H2,(H,17,18)/t10-/m1/s1. The Morgan fingerprint density at radius 3 is 2.33 bits per heavy atom. The number of hydrogen-bond donors (Lipinski definition) is 1. The molecule has 1 rings (SSSR count). The van der Waals surface area contributed by atoms with Gasteiger partial charge in [-0.15, -0.1) is 6.58 Å². The van der Waals surface area contributed by atoms with Gasteiger partial charge in [0.15, 0.2) is 0 Å². The average Bonchev–Trinajstić information content (AvgIpc) is 2.29. The van der Waals surface area contributed by atoms with Crippen molar-refractivity contribution in [2.24, 2.45) is 0 Å². The highest BCUT2D eigenvalue weighted by Crippen LogP contribution is 2.15. The molecular formula is C12H11F4NO. The molecule has 1 amide bonds. The van der Waals surface area contributed by atoms with Gasteiger partial charge in [-0.1, -0.05) is 18.2 Å². The van der Waals surface area contributed by atoms with Gasteiger partial charge >= 0.3 is 12.1 Å². The zero-order valence-electron chi connectivity index (χ0n) is 9.30. The molecule has 0 unspecified atom stereocenters. The molecular weight excluding hydrogens is 250 g/mol. The molecule has 6 heteroatoms. The molecule has 0 radical (unpaired) electrons.